The van der Waals surface area contributed by atoms with Crippen molar-refractivity contribution in [3.05, 3.63) is 64.4 Å². The molecule has 2 aromatic rings. The van der Waals surface area contributed by atoms with E-state index in [4.69, 9.17) is 16.9 Å². The summed E-state index contributed by atoms with van der Waals surface area (Å²) >= 11 is 6.10. The Morgan fingerprint density at radius 1 is 1.28 bits per heavy atom. The predicted octanol–water partition coefficient (Wildman–Crippen LogP) is 3.95. The Balaban J connectivity index is 1.65. The Morgan fingerprint density at radius 3 is 2.60 bits per heavy atom. The van der Waals surface area contributed by atoms with Crippen LogP contribution in [0.2, 0.25) is 5.02 Å². The molecule has 0 atom stereocenters. The van der Waals surface area contributed by atoms with Gasteiger partial charge in [0.25, 0.3) is 0 Å². The van der Waals surface area contributed by atoms with Gasteiger partial charge in [-0.15, -0.1) is 0 Å². The molecule has 0 heterocycles. The van der Waals surface area contributed by atoms with E-state index >= 15 is 0 Å². The Labute approximate surface area is 150 Å². The van der Waals surface area contributed by atoms with Crippen LogP contribution < -0.4 is 5.32 Å². The van der Waals surface area contributed by atoms with E-state index in [0.29, 0.717) is 28.4 Å². The van der Waals surface area contributed by atoms with E-state index in [1.807, 2.05) is 11.0 Å². The normalized spacial score (nSPS) is 13.5. The zero-order valence-corrected chi connectivity index (χ0v) is 14.3. The third-order valence-electron chi connectivity index (χ3n) is 4.13. The number of carbonyl (C=O) groups is 1. The molecular formula is C19H17ClFN3O. The topological polar surface area (TPSA) is 56.1 Å². The summed E-state index contributed by atoms with van der Waals surface area (Å²) in [5.74, 6) is -0.533. The number of nitriles is 1. The van der Waals surface area contributed by atoms with Gasteiger partial charge in [0.15, 0.2) is 0 Å². The van der Waals surface area contributed by atoms with E-state index in [1.54, 1.807) is 36.4 Å². The SMILES string of the molecule is N#Cc1ccc(NC(=O)CN(Cc2c(F)cccc2Cl)C2CC2)cc1. The fraction of sp³-hybridized carbons (Fsp3) is 0.263. The first kappa shape index (κ1) is 17.4. The average Bonchev–Trinajstić information content (AvgIpc) is 3.43. The molecule has 1 saturated carbocycles. The van der Waals surface area contributed by atoms with E-state index in [9.17, 15) is 9.18 Å². The van der Waals surface area contributed by atoms with Crippen LogP contribution in [0.1, 0.15) is 24.0 Å². The van der Waals surface area contributed by atoms with Crippen molar-refractivity contribution in [3.8, 4) is 6.07 Å². The van der Waals surface area contributed by atoms with Crippen molar-refractivity contribution in [1.82, 2.24) is 4.90 Å². The Hall–Kier alpha value is -2.42. The number of amides is 1. The van der Waals surface area contributed by atoms with E-state index in [2.05, 4.69) is 5.32 Å². The van der Waals surface area contributed by atoms with Crippen LogP contribution in [0.15, 0.2) is 42.5 Å². The highest BCUT2D eigenvalue weighted by atomic mass is 35.5. The maximum Gasteiger partial charge on any atom is 0.238 e. The number of hydrogen-bond donors (Lipinski definition) is 1. The van der Waals surface area contributed by atoms with E-state index in [-0.39, 0.29) is 24.3 Å². The van der Waals surface area contributed by atoms with Crippen LogP contribution in [0, 0.1) is 17.1 Å². The lowest BCUT2D eigenvalue weighted by molar-refractivity contribution is -0.117. The van der Waals surface area contributed by atoms with Gasteiger partial charge >= 0.3 is 0 Å². The number of carbonyl (C=O) groups excluding carboxylic acids is 1. The highest BCUT2D eigenvalue weighted by molar-refractivity contribution is 6.31. The maximum atomic E-state index is 14.0. The largest absolute Gasteiger partial charge is 0.325 e. The molecule has 128 valence electrons. The van der Waals surface area contributed by atoms with Crippen LogP contribution in [0.3, 0.4) is 0 Å². The smallest absolute Gasteiger partial charge is 0.238 e. The molecule has 0 aromatic heterocycles. The zero-order valence-electron chi connectivity index (χ0n) is 13.5. The van der Waals surface area contributed by atoms with Gasteiger partial charge in [-0.1, -0.05) is 17.7 Å². The van der Waals surface area contributed by atoms with Gasteiger partial charge in [0.1, 0.15) is 5.82 Å². The van der Waals surface area contributed by atoms with Crippen molar-refractivity contribution in [2.75, 3.05) is 11.9 Å². The van der Waals surface area contributed by atoms with E-state index < -0.39 is 0 Å². The number of hydrogen-bond acceptors (Lipinski definition) is 3. The van der Waals surface area contributed by atoms with E-state index in [0.717, 1.165) is 12.8 Å². The second kappa shape index (κ2) is 7.64. The Kier molecular flexibility index (Phi) is 5.32. The van der Waals surface area contributed by atoms with Crippen molar-refractivity contribution in [2.24, 2.45) is 0 Å². The third-order valence-corrected chi connectivity index (χ3v) is 4.48. The quantitative estimate of drug-likeness (QED) is 0.851. The molecule has 0 bridgehead atoms. The monoisotopic (exact) mass is 357 g/mol. The fourth-order valence-corrected chi connectivity index (χ4v) is 2.88. The van der Waals surface area contributed by atoms with Crippen LogP contribution in [-0.2, 0) is 11.3 Å². The Bertz CT molecular complexity index is 792. The van der Waals surface area contributed by atoms with Gasteiger partial charge in [-0.25, -0.2) is 4.39 Å². The number of nitrogens with one attached hydrogen (secondary N) is 1. The average molecular weight is 358 g/mol. The molecule has 1 aliphatic rings. The fourth-order valence-electron chi connectivity index (χ4n) is 2.65. The van der Waals surface area contributed by atoms with Crippen molar-refractivity contribution in [2.45, 2.75) is 25.4 Å². The molecule has 1 aliphatic carbocycles. The standard InChI is InChI=1S/C19H17ClFN3O/c20-17-2-1-3-18(21)16(17)11-24(15-8-9-15)12-19(25)23-14-6-4-13(10-22)5-7-14/h1-7,15H,8-9,11-12H2,(H,23,25). The minimum Gasteiger partial charge on any atom is -0.325 e. The molecule has 2 aromatic carbocycles. The van der Waals surface area contributed by atoms with E-state index in [1.165, 1.54) is 6.07 Å². The van der Waals surface area contributed by atoms with Crippen LogP contribution >= 0.6 is 11.6 Å². The van der Waals surface area contributed by atoms with Gasteiger partial charge in [0, 0.05) is 28.9 Å². The molecule has 1 amide bonds. The van der Waals surface area contributed by atoms with Crippen molar-refractivity contribution < 1.29 is 9.18 Å². The summed E-state index contributed by atoms with van der Waals surface area (Å²) in [7, 11) is 0. The third kappa shape index (κ3) is 4.56. The molecule has 3 rings (SSSR count). The summed E-state index contributed by atoms with van der Waals surface area (Å²) in [4.78, 5) is 14.3. The summed E-state index contributed by atoms with van der Waals surface area (Å²) in [6.07, 6.45) is 1.99. The summed E-state index contributed by atoms with van der Waals surface area (Å²) in [5, 5.41) is 12.0. The van der Waals surface area contributed by atoms with Crippen molar-refractivity contribution in [1.29, 1.82) is 5.26 Å². The first-order valence-corrected chi connectivity index (χ1v) is 8.41. The first-order chi connectivity index (χ1) is 12.1. The first-order valence-electron chi connectivity index (χ1n) is 8.04. The molecule has 1 fully saturated rings. The lowest BCUT2D eigenvalue weighted by Gasteiger charge is -2.22. The predicted molar refractivity (Wildman–Crippen MR) is 94.6 cm³/mol. The van der Waals surface area contributed by atoms with Crippen molar-refractivity contribution >= 4 is 23.2 Å². The van der Waals surface area contributed by atoms with Crippen LogP contribution in [0.5, 0.6) is 0 Å². The van der Waals surface area contributed by atoms with Crippen LogP contribution in [0.4, 0.5) is 10.1 Å². The van der Waals surface area contributed by atoms with Gasteiger partial charge < -0.3 is 5.32 Å². The molecule has 1 N–H and O–H groups in total. The van der Waals surface area contributed by atoms with Crippen LogP contribution in [0.25, 0.3) is 0 Å². The number of rotatable bonds is 6. The minimum atomic E-state index is -0.356. The lowest BCUT2D eigenvalue weighted by Crippen LogP contribution is -2.34. The highest BCUT2D eigenvalue weighted by Crippen LogP contribution is 2.30. The number of halogens is 2. The molecule has 0 unspecified atom stereocenters. The molecule has 6 heteroatoms. The highest BCUT2D eigenvalue weighted by Gasteiger charge is 2.31. The number of anilines is 1. The number of nitrogens with zero attached hydrogens (tertiary/aromatic N) is 2. The zero-order chi connectivity index (χ0) is 17.8. The second-order valence-corrected chi connectivity index (χ2v) is 6.48. The molecule has 25 heavy (non-hydrogen) atoms. The Morgan fingerprint density at radius 2 is 2.00 bits per heavy atom. The summed E-state index contributed by atoms with van der Waals surface area (Å²) in [6.45, 7) is 0.465. The lowest BCUT2D eigenvalue weighted by atomic mass is 10.2. The molecule has 0 radical (unpaired) electrons. The van der Waals surface area contributed by atoms with Gasteiger partial charge in [-0.3, -0.25) is 9.69 Å². The summed E-state index contributed by atoms with van der Waals surface area (Å²) in [5.41, 5.74) is 1.58. The maximum absolute atomic E-state index is 14.0. The summed E-state index contributed by atoms with van der Waals surface area (Å²) < 4.78 is 14.0. The molecule has 0 aliphatic heterocycles. The van der Waals surface area contributed by atoms with Gasteiger partial charge in [0.05, 0.1) is 18.2 Å². The number of benzene rings is 2. The molecule has 0 spiro atoms. The van der Waals surface area contributed by atoms with Gasteiger partial charge in [0.2, 0.25) is 5.91 Å². The van der Waals surface area contributed by atoms with Gasteiger partial charge in [-0.05, 0) is 49.2 Å². The summed E-state index contributed by atoms with van der Waals surface area (Å²) in [6, 6.07) is 13.6. The van der Waals surface area contributed by atoms with Gasteiger partial charge in [-0.2, -0.15) is 5.26 Å². The molecule has 4 nitrogen and oxygen atoms in total. The van der Waals surface area contributed by atoms with Crippen LogP contribution in [-0.4, -0.2) is 23.4 Å². The molecular weight excluding hydrogens is 341 g/mol. The van der Waals surface area contributed by atoms with Crippen molar-refractivity contribution in [3.63, 3.8) is 0 Å². The second-order valence-electron chi connectivity index (χ2n) is 6.07. The minimum absolute atomic E-state index is 0.162. The molecule has 0 saturated heterocycles.